The number of imide groups is 1. The van der Waals surface area contributed by atoms with Crippen molar-refractivity contribution in [2.75, 3.05) is 11.5 Å². The number of Topliss-reactive ketones (excluding diaryl/α,β-unsaturated/α-hetero) is 1. The number of nitrogens with zero attached hydrogens (tertiary/aromatic N) is 3. The lowest BCUT2D eigenvalue weighted by atomic mass is 10.1. The molecule has 1 aliphatic rings. The van der Waals surface area contributed by atoms with Gasteiger partial charge in [0.15, 0.2) is 11.8 Å². The van der Waals surface area contributed by atoms with Crippen molar-refractivity contribution in [1.29, 1.82) is 0 Å². The maximum atomic E-state index is 12.8. The van der Waals surface area contributed by atoms with Gasteiger partial charge in [0.1, 0.15) is 5.25 Å². The van der Waals surface area contributed by atoms with Gasteiger partial charge in [-0.1, -0.05) is 35.0 Å². The number of thioether (sulfide) groups is 1. The second-order valence-corrected chi connectivity index (χ2v) is 9.09. The third-order valence-corrected chi connectivity index (χ3v) is 6.44. The zero-order valence-corrected chi connectivity index (χ0v) is 19.6. The second kappa shape index (κ2) is 10.3. The summed E-state index contributed by atoms with van der Waals surface area (Å²) >= 11 is 12.9. The average molecular weight is 516 g/mol. The van der Waals surface area contributed by atoms with Crippen LogP contribution < -0.4 is 4.90 Å². The molecule has 3 aromatic rings. The van der Waals surface area contributed by atoms with Gasteiger partial charge in [0, 0.05) is 29.4 Å². The van der Waals surface area contributed by atoms with Crippen molar-refractivity contribution in [2.45, 2.75) is 16.8 Å². The van der Waals surface area contributed by atoms with Crippen molar-refractivity contribution in [1.82, 2.24) is 9.97 Å². The highest BCUT2D eigenvalue weighted by Gasteiger charge is 2.40. The van der Waals surface area contributed by atoms with E-state index in [-0.39, 0.29) is 34.4 Å². The Bertz CT molecular complexity index is 1270. The Kier molecular flexibility index (Phi) is 7.26. The predicted molar refractivity (Wildman–Crippen MR) is 126 cm³/mol. The highest BCUT2D eigenvalue weighted by molar-refractivity contribution is 8.00. The number of benzene rings is 2. The lowest BCUT2D eigenvalue weighted by Gasteiger charge is -2.15. The summed E-state index contributed by atoms with van der Waals surface area (Å²) in [5.41, 5.74) is 0.669. The number of aromatic nitrogens is 2. The summed E-state index contributed by atoms with van der Waals surface area (Å²) in [6.07, 6.45) is 3.13. The number of esters is 1. The molecular formula is C23H15Cl2N3O5S. The van der Waals surface area contributed by atoms with Gasteiger partial charge in [-0.25, -0.2) is 19.7 Å². The number of ketones is 1. The number of hydrogen-bond donors (Lipinski definition) is 0. The number of ether oxygens (including phenoxy) is 1. The smallest absolute Gasteiger partial charge is 0.338 e. The van der Waals surface area contributed by atoms with Gasteiger partial charge in [0.05, 0.1) is 16.3 Å². The maximum absolute atomic E-state index is 12.8. The Labute approximate surface area is 208 Å². The first-order chi connectivity index (χ1) is 16.3. The monoisotopic (exact) mass is 515 g/mol. The maximum Gasteiger partial charge on any atom is 0.338 e. The van der Waals surface area contributed by atoms with E-state index in [1.54, 1.807) is 18.5 Å². The number of carbonyl (C=O) groups is 4. The van der Waals surface area contributed by atoms with Crippen LogP contribution in [0.25, 0.3) is 0 Å². The van der Waals surface area contributed by atoms with Crippen LogP contribution >= 0.6 is 35.0 Å². The topological polar surface area (TPSA) is 107 Å². The molecular weight excluding hydrogens is 501 g/mol. The van der Waals surface area contributed by atoms with E-state index in [1.807, 2.05) is 0 Å². The van der Waals surface area contributed by atoms with Gasteiger partial charge < -0.3 is 4.74 Å². The Hall–Kier alpha value is -3.27. The molecule has 4 rings (SSSR count). The third kappa shape index (κ3) is 5.27. The van der Waals surface area contributed by atoms with Crippen molar-refractivity contribution in [3.8, 4) is 0 Å². The van der Waals surface area contributed by atoms with Crippen LogP contribution in [-0.4, -0.2) is 45.4 Å². The number of hydrogen-bond acceptors (Lipinski definition) is 8. The van der Waals surface area contributed by atoms with Crippen LogP contribution in [0.5, 0.6) is 0 Å². The van der Waals surface area contributed by atoms with E-state index in [1.165, 1.54) is 42.5 Å². The van der Waals surface area contributed by atoms with Crippen LogP contribution in [-0.2, 0) is 14.3 Å². The van der Waals surface area contributed by atoms with E-state index in [9.17, 15) is 19.2 Å². The van der Waals surface area contributed by atoms with Gasteiger partial charge in [-0.15, -0.1) is 0 Å². The van der Waals surface area contributed by atoms with E-state index in [0.29, 0.717) is 15.9 Å². The minimum absolute atomic E-state index is 0.0148. The van der Waals surface area contributed by atoms with Gasteiger partial charge in [0.25, 0.3) is 0 Å². The highest BCUT2D eigenvalue weighted by atomic mass is 35.5. The van der Waals surface area contributed by atoms with Crippen LogP contribution in [0, 0.1) is 0 Å². The third-order valence-electron chi connectivity index (χ3n) is 4.82. The predicted octanol–water partition coefficient (Wildman–Crippen LogP) is 4.25. The fourth-order valence-electron chi connectivity index (χ4n) is 3.20. The first-order valence-corrected chi connectivity index (χ1v) is 11.5. The van der Waals surface area contributed by atoms with Gasteiger partial charge in [-0.2, -0.15) is 0 Å². The molecule has 1 fully saturated rings. The molecule has 8 nitrogen and oxygen atoms in total. The molecule has 0 bridgehead atoms. The zero-order chi connectivity index (χ0) is 24.2. The SMILES string of the molecule is O=C(OCC(=O)c1ccc(Cl)cc1Cl)c1ccc(N2C(=O)CC(Sc3ncccn3)C2=O)cc1. The van der Waals surface area contributed by atoms with Crippen LogP contribution in [0.15, 0.2) is 66.1 Å². The van der Waals surface area contributed by atoms with E-state index < -0.39 is 23.6 Å². The van der Waals surface area contributed by atoms with E-state index in [4.69, 9.17) is 27.9 Å². The van der Waals surface area contributed by atoms with Gasteiger partial charge >= 0.3 is 5.97 Å². The molecule has 2 aromatic carbocycles. The molecule has 2 heterocycles. The van der Waals surface area contributed by atoms with Crippen LogP contribution in [0.4, 0.5) is 5.69 Å². The van der Waals surface area contributed by atoms with Crippen molar-refractivity contribution >= 4 is 64.2 Å². The standard InChI is InChI=1S/C23H15Cl2N3O5S/c24-14-4-7-16(17(25)10-14)18(29)12-33-22(32)13-2-5-15(6-3-13)28-20(30)11-19(21(28)31)34-23-26-8-1-9-27-23/h1-10,19H,11-12H2. The van der Waals surface area contributed by atoms with E-state index >= 15 is 0 Å². The van der Waals surface area contributed by atoms with Crippen LogP contribution in [0.1, 0.15) is 27.1 Å². The van der Waals surface area contributed by atoms with Gasteiger partial charge in [-0.3, -0.25) is 14.4 Å². The van der Waals surface area contributed by atoms with E-state index in [2.05, 4.69) is 9.97 Å². The molecule has 34 heavy (non-hydrogen) atoms. The second-order valence-electron chi connectivity index (χ2n) is 7.08. The molecule has 0 aliphatic carbocycles. The molecule has 1 saturated heterocycles. The lowest BCUT2D eigenvalue weighted by Crippen LogP contribution is -2.31. The zero-order valence-electron chi connectivity index (χ0n) is 17.3. The molecule has 172 valence electrons. The Morgan fingerprint density at radius 1 is 1.06 bits per heavy atom. The number of amides is 2. The largest absolute Gasteiger partial charge is 0.454 e. The molecule has 0 spiro atoms. The van der Waals surface area contributed by atoms with Gasteiger partial charge in [0.2, 0.25) is 17.6 Å². The van der Waals surface area contributed by atoms with E-state index in [0.717, 1.165) is 16.7 Å². The van der Waals surface area contributed by atoms with Crippen molar-refractivity contribution in [2.24, 2.45) is 0 Å². The highest BCUT2D eigenvalue weighted by Crippen LogP contribution is 2.32. The molecule has 1 atom stereocenters. The number of carbonyl (C=O) groups excluding carboxylic acids is 4. The Morgan fingerprint density at radius 2 is 1.76 bits per heavy atom. The summed E-state index contributed by atoms with van der Waals surface area (Å²) in [6.45, 7) is -0.508. The molecule has 1 unspecified atom stereocenters. The summed E-state index contributed by atoms with van der Waals surface area (Å²) in [5, 5.41) is 0.313. The molecule has 0 N–H and O–H groups in total. The minimum Gasteiger partial charge on any atom is -0.454 e. The fraction of sp³-hybridized carbons (Fsp3) is 0.130. The normalized spacial score (nSPS) is 15.5. The number of rotatable bonds is 7. The van der Waals surface area contributed by atoms with Crippen LogP contribution in [0.3, 0.4) is 0 Å². The van der Waals surface area contributed by atoms with Crippen molar-refractivity contribution < 1.29 is 23.9 Å². The summed E-state index contributed by atoms with van der Waals surface area (Å²) in [6, 6.07) is 11.8. The molecule has 1 aromatic heterocycles. The number of halogens is 2. The molecule has 1 aliphatic heterocycles. The molecule has 0 saturated carbocycles. The summed E-state index contributed by atoms with van der Waals surface area (Å²) < 4.78 is 5.08. The Morgan fingerprint density at radius 3 is 2.44 bits per heavy atom. The quantitative estimate of drug-likeness (QED) is 0.199. The van der Waals surface area contributed by atoms with Crippen molar-refractivity contribution in [3.63, 3.8) is 0 Å². The molecule has 0 radical (unpaired) electrons. The van der Waals surface area contributed by atoms with Crippen molar-refractivity contribution in [3.05, 3.63) is 82.1 Å². The minimum atomic E-state index is -0.737. The average Bonchev–Trinajstić information content (AvgIpc) is 3.10. The molecule has 2 amide bonds. The molecule has 11 heteroatoms. The first kappa shape index (κ1) is 23.9. The summed E-state index contributed by atoms with van der Waals surface area (Å²) in [4.78, 5) is 59.1. The number of anilines is 1. The van der Waals surface area contributed by atoms with Crippen LogP contribution in [0.2, 0.25) is 10.0 Å². The first-order valence-electron chi connectivity index (χ1n) is 9.89. The van der Waals surface area contributed by atoms with Gasteiger partial charge in [-0.05, 0) is 48.5 Å². The lowest BCUT2D eigenvalue weighted by molar-refractivity contribution is -0.121. The Balaban J connectivity index is 1.38. The summed E-state index contributed by atoms with van der Waals surface area (Å²) in [5.74, 6) is -1.97. The fourth-order valence-corrected chi connectivity index (χ4v) is 4.64. The summed E-state index contributed by atoms with van der Waals surface area (Å²) in [7, 11) is 0.